The van der Waals surface area contributed by atoms with Gasteiger partial charge in [0.15, 0.2) is 12.2 Å². The topological polar surface area (TPSA) is 237 Å². The van der Waals surface area contributed by atoms with E-state index in [-0.39, 0.29) is 25.7 Å². The molecule has 0 aromatic carbocycles. The fraction of sp³-hybridized carbons (Fsp3) is 0.942. The SMILES string of the molecule is CCCCCCCCCCC(=O)O[C@H](COC(=O)CCCCCCC)COP(=O)(O)OC[C@H](O)COP(=O)(O)OC[C@@H](COC(=O)CCCCCCCCCCCCC(C)CC)OC(=O)CCCCCCCCCCCCCCCCCCCCC(C)C. The van der Waals surface area contributed by atoms with Gasteiger partial charge in [-0.05, 0) is 37.5 Å². The van der Waals surface area contributed by atoms with Gasteiger partial charge >= 0.3 is 39.5 Å². The second kappa shape index (κ2) is 61.3. The van der Waals surface area contributed by atoms with Gasteiger partial charge in [-0.25, -0.2) is 9.13 Å². The third-order valence-corrected chi connectivity index (χ3v) is 18.2. The number of phosphoric ester groups is 2. The second-order valence-electron chi connectivity index (χ2n) is 25.6. The molecule has 3 unspecified atom stereocenters. The molecule has 0 fully saturated rings. The van der Waals surface area contributed by atoms with Crippen molar-refractivity contribution >= 4 is 39.5 Å². The smallest absolute Gasteiger partial charge is 0.462 e. The lowest BCUT2D eigenvalue weighted by Gasteiger charge is -2.21. The molecule has 522 valence electrons. The maximum atomic E-state index is 13.0. The number of esters is 4. The summed E-state index contributed by atoms with van der Waals surface area (Å²) in [7, 11) is -9.88. The second-order valence-corrected chi connectivity index (χ2v) is 28.5. The zero-order valence-corrected chi connectivity index (χ0v) is 58.8. The molecule has 88 heavy (non-hydrogen) atoms. The van der Waals surface area contributed by atoms with Crippen LogP contribution >= 0.6 is 15.6 Å². The molecule has 17 nitrogen and oxygen atoms in total. The van der Waals surface area contributed by atoms with Gasteiger partial charge in [-0.1, -0.05) is 298 Å². The van der Waals surface area contributed by atoms with E-state index in [1.54, 1.807) is 0 Å². The molecular weight excluding hydrogens is 1160 g/mol. The number of aliphatic hydroxyl groups excluding tert-OH is 1. The summed E-state index contributed by atoms with van der Waals surface area (Å²) >= 11 is 0. The van der Waals surface area contributed by atoms with Crippen molar-refractivity contribution in [2.24, 2.45) is 11.8 Å². The maximum absolute atomic E-state index is 13.0. The van der Waals surface area contributed by atoms with Crippen LogP contribution in [0.15, 0.2) is 0 Å². The Kier molecular flexibility index (Phi) is 59.9. The van der Waals surface area contributed by atoms with Crippen molar-refractivity contribution in [2.75, 3.05) is 39.6 Å². The van der Waals surface area contributed by atoms with Gasteiger partial charge < -0.3 is 33.8 Å². The maximum Gasteiger partial charge on any atom is 0.472 e. The first kappa shape index (κ1) is 86.1. The van der Waals surface area contributed by atoms with Crippen molar-refractivity contribution in [2.45, 2.75) is 368 Å². The standard InChI is InChI=1S/C69H134O17P2/c1-7-10-12-14-15-34-41-47-53-68(73)85-64(57-79-66(71)51-45-37-13-11-8-2)59-83-87(75,76)81-55-63(70)56-82-88(77,78)84-60-65(58-80-67(72)52-46-40-35-30-27-26-29-33-39-44-50-62(6)9-3)86-69(74)54-48-42-36-31-25-23-21-19-17-16-18-20-22-24-28-32-38-43-49-61(4)5/h61-65,70H,7-60H2,1-6H3,(H,75,76)(H,77,78)/t62?,63-,64+,65+/m0/s1. The molecule has 19 heteroatoms. The van der Waals surface area contributed by atoms with Gasteiger partial charge in [-0.15, -0.1) is 0 Å². The molecular formula is C69H134O17P2. The van der Waals surface area contributed by atoms with Crippen LogP contribution in [-0.4, -0.2) is 96.7 Å². The Morgan fingerprint density at radius 1 is 0.330 bits per heavy atom. The van der Waals surface area contributed by atoms with Crippen molar-refractivity contribution in [1.29, 1.82) is 0 Å². The predicted octanol–water partition coefficient (Wildman–Crippen LogP) is 19.6. The van der Waals surface area contributed by atoms with Crippen molar-refractivity contribution in [3.63, 3.8) is 0 Å². The van der Waals surface area contributed by atoms with E-state index >= 15 is 0 Å². The van der Waals surface area contributed by atoms with Crippen LogP contribution in [0.4, 0.5) is 0 Å². The number of carbonyl (C=O) groups excluding carboxylic acids is 4. The fourth-order valence-electron chi connectivity index (χ4n) is 10.4. The number of unbranched alkanes of at least 4 members (excludes halogenated alkanes) is 37. The van der Waals surface area contributed by atoms with Crippen LogP contribution in [-0.2, 0) is 65.4 Å². The number of hydrogen-bond donors (Lipinski definition) is 3. The molecule has 0 bridgehead atoms. The van der Waals surface area contributed by atoms with Crippen molar-refractivity contribution in [3.8, 4) is 0 Å². The number of hydrogen-bond acceptors (Lipinski definition) is 15. The molecule has 0 aromatic rings. The molecule has 3 N–H and O–H groups in total. The summed E-state index contributed by atoms with van der Waals surface area (Å²) in [5.41, 5.74) is 0. The van der Waals surface area contributed by atoms with Crippen LogP contribution in [0.5, 0.6) is 0 Å². The van der Waals surface area contributed by atoms with Crippen LogP contribution < -0.4 is 0 Å². The predicted molar refractivity (Wildman–Crippen MR) is 354 cm³/mol. The third kappa shape index (κ3) is 61.6. The summed E-state index contributed by atoms with van der Waals surface area (Å²) < 4.78 is 67.9. The van der Waals surface area contributed by atoms with Crippen LogP contribution in [0.1, 0.15) is 350 Å². The molecule has 0 aromatic heterocycles. The van der Waals surface area contributed by atoms with Crippen LogP contribution in [0.3, 0.4) is 0 Å². The van der Waals surface area contributed by atoms with E-state index in [1.807, 2.05) is 0 Å². The number of phosphoric acid groups is 2. The molecule has 0 rings (SSSR count). The van der Waals surface area contributed by atoms with Crippen molar-refractivity contribution in [1.82, 2.24) is 0 Å². The molecule has 0 aliphatic rings. The molecule has 0 spiro atoms. The third-order valence-electron chi connectivity index (χ3n) is 16.3. The van der Waals surface area contributed by atoms with E-state index in [1.165, 1.54) is 154 Å². The molecule has 0 saturated carbocycles. The molecule has 0 amide bonds. The quantitative estimate of drug-likeness (QED) is 0.0222. The van der Waals surface area contributed by atoms with E-state index in [2.05, 4.69) is 41.5 Å². The highest BCUT2D eigenvalue weighted by molar-refractivity contribution is 7.47. The average Bonchev–Trinajstić information content (AvgIpc) is 3.54. The highest BCUT2D eigenvalue weighted by Gasteiger charge is 2.30. The Morgan fingerprint density at radius 3 is 0.864 bits per heavy atom. The first-order valence-electron chi connectivity index (χ1n) is 36.0. The Hall–Kier alpha value is -1.94. The Balaban J connectivity index is 5.10. The largest absolute Gasteiger partial charge is 0.472 e. The van der Waals surface area contributed by atoms with Gasteiger partial charge in [-0.3, -0.25) is 37.3 Å². The molecule has 0 aliphatic heterocycles. The lowest BCUT2D eigenvalue weighted by atomic mass is 9.99. The average molecular weight is 1300 g/mol. The van der Waals surface area contributed by atoms with E-state index in [9.17, 15) is 43.2 Å². The monoisotopic (exact) mass is 1300 g/mol. The molecule has 0 heterocycles. The Bertz CT molecular complexity index is 1720. The first-order chi connectivity index (χ1) is 42.4. The van der Waals surface area contributed by atoms with Crippen LogP contribution in [0.2, 0.25) is 0 Å². The van der Waals surface area contributed by atoms with E-state index in [4.69, 9.17) is 37.0 Å². The van der Waals surface area contributed by atoms with Gasteiger partial charge in [0.1, 0.15) is 19.3 Å². The van der Waals surface area contributed by atoms with E-state index in [0.29, 0.717) is 25.7 Å². The highest BCUT2D eigenvalue weighted by atomic mass is 31.2. The number of aliphatic hydroxyl groups is 1. The minimum absolute atomic E-state index is 0.104. The molecule has 0 aliphatic carbocycles. The Labute approximate surface area is 537 Å². The van der Waals surface area contributed by atoms with Crippen molar-refractivity contribution in [3.05, 3.63) is 0 Å². The molecule has 0 saturated heterocycles. The zero-order valence-electron chi connectivity index (χ0n) is 57.0. The van der Waals surface area contributed by atoms with Crippen LogP contribution in [0, 0.1) is 11.8 Å². The number of rotatable bonds is 68. The summed E-state index contributed by atoms with van der Waals surface area (Å²) in [5, 5.41) is 10.5. The normalized spacial score (nSPS) is 14.5. The van der Waals surface area contributed by atoms with Gasteiger partial charge in [0.25, 0.3) is 0 Å². The zero-order chi connectivity index (χ0) is 65.0. The van der Waals surface area contributed by atoms with Gasteiger partial charge in [0.05, 0.1) is 26.4 Å². The fourth-order valence-corrected chi connectivity index (χ4v) is 12.0. The molecule has 0 radical (unpaired) electrons. The number of carbonyl (C=O) groups is 4. The minimum Gasteiger partial charge on any atom is -0.462 e. The summed E-state index contributed by atoms with van der Waals surface area (Å²) in [5.74, 6) is -0.511. The number of ether oxygens (including phenoxy) is 4. The van der Waals surface area contributed by atoms with Crippen LogP contribution in [0.25, 0.3) is 0 Å². The summed E-state index contributed by atoms with van der Waals surface area (Å²) in [6, 6.07) is 0. The van der Waals surface area contributed by atoms with E-state index in [0.717, 1.165) is 115 Å². The minimum atomic E-state index is -4.95. The Morgan fingerprint density at radius 2 is 0.580 bits per heavy atom. The lowest BCUT2D eigenvalue weighted by Crippen LogP contribution is -2.30. The summed E-state index contributed by atoms with van der Waals surface area (Å²) in [4.78, 5) is 72.1. The summed E-state index contributed by atoms with van der Waals surface area (Å²) in [6.45, 7) is 9.48. The van der Waals surface area contributed by atoms with Gasteiger partial charge in [-0.2, -0.15) is 0 Å². The van der Waals surface area contributed by atoms with Crippen molar-refractivity contribution < 1.29 is 80.2 Å². The molecule has 6 atom stereocenters. The van der Waals surface area contributed by atoms with Gasteiger partial charge in [0.2, 0.25) is 0 Å². The lowest BCUT2D eigenvalue weighted by molar-refractivity contribution is -0.161. The summed E-state index contributed by atoms with van der Waals surface area (Å²) in [6.07, 6.45) is 46.3. The van der Waals surface area contributed by atoms with E-state index < -0.39 is 97.5 Å². The first-order valence-corrected chi connectivity index (χ1v) is 39.0. The van der Waals surface area contributed by atoms with Gasteiger partial charge in [0, 0.05) is 25.7 Å². The highest BCUT2D eigenvalue weighted by Crippen LogP contribution is 2.45.